The molecule has 1 fully saturated rings. The maximum Gasteiger partial charge on any atom is 0.217 e. The Bertz CT molecular complexity index is 782. The molecule has 0 bridgehead atoms. The Balaban J connectivity index is 1.75. The number of hydrogen-bond acceptors (Lipinski definition) is 6. The Morgan fingerprint density at radius 2 is 1.92 bits per heavy atom. The van der Waals surface area contributed by atoms with Gasteiger partial charge in [0.25, 0.3) is 0 Å². The van der Waals surface area contributed by atoms with E-state index in [0.29, 0.717) is 24.8 Å². The number of hydrogen-bond donors (Lipinski definition) is 1. The van der Waals surface area contributed by atoms with E-state index in [2.05, 4.69) is 20.8 Å². The minimum Gasteiger partial charge on any atom is -0.486 e. The van der Waals surface area contributed by atoms with Gasteiger partial charge in [0.15, 0.2) is 17.3 Å². The standard InChI is InChI=1S/C17H21N5O3/c1-12(23)18-17(7-3-2-4-8-17)16-19-20-21-22(16)13-5-6-14-15(11-13)25-10-9-24-14/h5-6,11H,2-4,7-10H2,1H3,(H,18,23). The number of tetrazole rings is 1. The Kier molecular flexibility index (Phi) is 4.03. The first-order valence-corrected chi connectivity index (χ1v) is 8.66. The van der Waals surface area contributed by atoms with Crippen LogP contribution in [-0.4, -0.2) is 39.3 Å². The summed E-state index contributed by atoms with van der Waals surface area (Å²) in [6.45, 7) is 2.61. The van der Waals surface area contributed by atoms with Crippen LogP contribution in [0, 0.1) is 0 Å². The molecule has 0 radical (unpaired) electrons. The molecule has 1 amide bonds. The molecule has 0 spiro atoms. The van der Waals surface area contributed by atoms with E-state index < -0.39 is 5.54 Å². The Morgan fingerprint density at radius 1 is 1.16 bits per heavy atom. The number of ether oxygens (including phenoxy) is 2. The molecule has 2 aliphatic rings. The molecule has 1 N–H and O–H groups in total. The molecule has 1 aromatic heterocycles. The zero-order valence-electron chi connectivity index (χ0n) is 14.2. The highest BCUT2D eigenvalue weighted by Crippen LogP contribution is 2.38. The van der Waals surface area contributed by atoms with Crippen molar-refractivity contribution in [3.8, 4) is 17.2 Å². The lowest BCUT2D eigenvalue weighted by atomic mass is 9.80. The molecular formula is C17H21N5O3. The van der Waals surface area contributed by atoms with E-state index in [1.165, 1.54) is 6.92 Å². The zero-order valence-corrected chi connectivity index (χ0v) is 14.2. The molecule has 1 aromatic carbocycles. The summed E-state index contributed by atoms with van der Waals surface area (Å²) < 4.78 is 12.9. The number of nitrogens with zero attached hydrogens (tertiary/aromatic N) is 4. The monoisotopic (exact) mass is 343 g/mol. The predicted molar refractivity (Wildman–Crippen MR) is 88.7 cm³/mol. The molecule has 8 nitrogen and oxygen atoms in total. The summed E-state index contributed by atoms with van der Waals surface area (Å²) in [5.74, 6) is 2.00. The third kappa shape index (κ3) is 2.92. The van der Waals surface area contributed by atoms with Gasteiger partial charge in [-0.2, -0.15) is 4.68 Å². The average molecular weight is 343 g/mol. The van der Waals surface area contributed by atoms with Gasteiger partial charge in [-0.3, -0.25) is 4.79 Å². The van der Waals surface area contributed by atoms with Gasteiger partial charge in [-0.15, -0.1) is 5.10 Å². The maximum absolute atomic E-state index is 11.8. The lowest BCUT2D eigenvalue weighted by molar-refractivity contribution is -0.121. The smallest absolute Gasteiger partial charge is 0.217 e. The van der Waals surface area contributed by atoms with E-state index in [1.54, 1.807) is 4.68 Å². The van der Waals surface area contributed by atoms with Crippen molar-refractivity contribution in [3.05, 3.63) is 24.0 Å². The van der Waals surface area contributed by atoms with E-state index in [1.807, 2.05) is 18.2 Å². The first kappa shape index (κ1) is 15.9. The van der Waals surface area contributed by atoms with Crippen LogP contribution in [0.5, 0.6) is 11.5 Å². The van der Waals surface area contributed by atoms with Crippen LogP contribution in [0.25, 0.3) is 5.69 Å². The molecule has 8 heteroatoms. The number of carbonyl (C=O) groups is 1. The van der Waals surface area contributed by atoms with Gasteiger partial charge in [0.2, 0.25) is 5.91 Å². The molecule has 25 heavy (non-hydrogen) atoms. The van der Waals surface area contributed by atoms with Gasteiger partial charge in [-0.05, 0) is 35.4 Å². The van der Waals surface area contributed by atoms with Crippen molar-refractivity contribution < 1.29 is 14.3 Å². The molecule has 2 aromatic rings. The van der Waals surface area contributed by atoms with Crippen molar-refractivity contribution in [1.29, 1.82) is 0 Å². The van der Waals surface area contributed by atoms with Crippen LogP contribution < -0.4 is 14.8 Å². The summed E-state index contributed by atoms with van der Waals surface area (Å²) in [5, 5.41) is 15.4. The molecule has 1 aliphatic heterocycles. The van der Waals surface area contributed by atoms with Gasteiger partial charge >= 0.3 is 0 Å². The van der Waals surface area contributed by atoms with Crippen LogP contribution >= 0.6 is 0 Å². The van der Waals surface area contributed by atoms with Crippen LogP contribution in [0.2, 0.25) is 0 Å². The van der Waals surface area contributed by atoms with Crippen LogP contribution in [-0.2, 0) is 10.3 Å². The highest BCUT2D eigenvalue weighted by Gasteiger charge is 2.40. The van der Waals surface area contributed by atoms with Gasteiger partial charge in [0.1, 0.15) is 18.8 Å². The van der Waals surface area contributed by atoms with E-state index >= 15 is 0 Å². The van der Waals surface area contributed by atoms with Crippen LogP contribution in [0.1, 0.15) is 44.9 Å². The summed E-state index contributed by atoms with van der Waals surface area (Å²) >= 11 is 0. The lowest BCUT2D eigenvalue weighted by Crippen LogP contribution is -2.48. The number of rotatable bonds is 3. The van der Waals surface area contributed by atoms with Crippen molar-refractivity contribution >= 4 is 5.91 Å². The number of amides is 1. The van der Waals surface area contributed by atoms with Gasteiger partial charge in [-0.25, -0.2) is 0 Å². The summed E-state index contributed by atoms with van der Waals surface area (Å²) in [6, 6.07) is 5.64. The van der Waals surface area contributed by atoms with Crippen molar-refractivity contribution in [2.24, 2.45) is 0 Å². The molecule has 2 heterocycles. The Labute approximate surface area is 145 Å². The van der Waals surface area contributed by atoms with Crippen molar-refractivity contribution in [3.63, 3.8) is 0 Å². The van der Waals surface area contributed by atoms with E-state index in [-0.39, 0.29) is 5.91 Å². The molecule has 0 saturated heterocycles. The third-order valence-electron chi connectivity index (χ3n) is 4.79. The molecule has 0 unspecified atom stereocenters. The van der Waals surface area contributed by atoms with Gasteiger partial charge in [-0.1, -0.05) is 19.3 Å². The van der Waals surface area contributed by atoms with E-state index in [4.69, 9.17) is 9.47 Å². The fraction of sp³-hybridized carbons (Fsp3) is 0.529. The average Bonchev–Trinajstić information content (AvgIpc) is 3.12. The Morgan fingerprint density at radius 3 is 2.68 bits per heavy atom. The highest BCUT2D eigenvalue weighted by atomic mass is 16.6. The topological polar surface area (TPSA) is 91.2 Å². The van der Waals surface area contributed by atoms with Crippen molar-refractivity contribution in [1.82, 2.24) is 25.5 Å². The van der Waals surface area contributed by atoms with Crippen LogP contribution in [0.15, 0.2) is 18.2 Å². The molecule has 1 saturated carbocycles. The fourth-order valence-electron chi connectivity index (χ4n) is 3.72. The first-order valence-electron chi connectivity index (χ1n) is 8.66. The Hall–Kier alpha value is -2.64. The van der Waals surface area contributed by atoms with Crippen molar-refractivity contribution in [2.45, 2.75) is 44.6 Å². The first-order chi connectivity index (χ1) is 12.2. The summed E-state index contributed by atoms with van der Waals surface area (Å²) in [6.07, 6.45) is 4.89. The zero-order chi connectivity index (χ0) is 17.3. The second kappa shape index (κ2) is 6.34. The van der Waals surface area contributed by atoms with Gasteiger partial charge < -0.3 is 14.8 Å². The maximum atomic E-state index is 11.8. The SMILES string of the molecule is CC(=O)NC1(c2nnnn2-c2ccc3c(c2)OCCO3)CCCCC1. The van der Waals surface area contributed by atoms with Crippen LogP contribution in [0.3, 0.4) is 0 Å². The molecule has 4 rings (SSSR count). The number of aromatic nitrogens is 4. The summed E-state index contributed by atoms with van der Waals surface area (Å²) in [4.78, 5) is 11.8. The van der Waals surface area contributed by atoms with Gasteiger partial charge in [0.05, 0.1) is 5.69 Å². The summed E-state index contributed by atoms with van der Waals surface area (Å²) in [7, 11) is 0. The number of benzene rings is 1. The lowest BCUT2D eigenvalue weighted by Gasteiger charge is -2.36. The summed E-state index contributed by atoms with van der Waals surface area (Å²) in [5.41, 5.74) is 0.264. The number of carbonyl (C=O) groups excluding carboxylic acids is 1. The molecule has 0 atom stereocenters. The number of fused-ring (bicyclic) bond motifs is 1. The second-order valence-corrected chi connectivity index (χ2v) is 6.57. The van der Waals surface area contributed by atoms with E-state index in [9.17, 15) is 4.79 Å². The highest BCUT2D eigenvalue weighted by molar-refractivity contribution is 5.74. The van der Waals surface area contributed by atoms with Crippen molar-refractivity contribution in [2.75, 3.05) is 13.2 Å². The molecule has 1 aliphatic carbocycles. The van der Waals surface area contributed by atoms with Gasteiger partial charge in [0, 0.05) is 13.0 Å². The normalized spacial score (nSPS) is 18.6. The number of nitrogens with one attached hydrogen (secondary N) is 1. The van der Waals surface area contributed by atoms with E-state index in [0.717, 1.165) is 43.5 Å². The molecular weight excluding hydrogens is 322 g/mol. The quantitative estimate of drug-likeness (QED) is 0.912. The minimum absolute atomic E-state index is 0.0707. The van der Waals surface area contributed by atoms with Crippen LogP contribution in [0.4, 0.5) is 0 Å². The second-order valence-electron chi connectivity index (χ2n) is 6.57. The largest absolute Gasteiger partial charge is 0.486 e. The minimum atomic E-state index is -0.527. The third-order valence-corrected chi connectivity index (χ3v) is 4.79. The predicted octanol–water partition coefficient (Wildman–Crippen LogP) is 1.73. The molecule has 132 valence electrons. The fourth-order valence-corrected chi connectivity index (χ4v) is 3.72.